The number of esters is 1. The molecule has 414 valence electrons. The average molecular weight is 1170 g/mol. The fraction of sp³-hybridized carbons (Fsp3) is 0.457. The number of hydrogen-bond donors (Lipinski definition) is 6. The number of carboxylic acid groups (broad SMARTS) is 2. The molecule has 6 N–H and O–H groups in total. The van der Waals surface area contributed by atoms with Crippen molar-refractivity contribution < 1.29 is 71.1 Å². The van der Waals surface area contributed by atoms with Crippen molar-refractivity contribution in [3.63, 3.8) is 0 Å². The first-order valence-electron chi connectivity index (χ1n) is 21.9. The lowest BCUT2D eigenvalue weighted by Crippen LogP contribution is -2.43. The number of ether oxygens (including phenoxy) is 3. The topological polar surface area (TPSA) is 275 Å². The number of nitrogens with zero attached hydrogens (tertiary/aromatic N) is 4. The molecule has 4 rings (SSSR count). The molecule has 0 saturated heterocycles. The summed E-state index contributed by atoms with van der Waals surface area (Å²) < 4.78 is 63.2. The predicted octanol–water partition coefficient (Wildman–Crippen LogP) is 9.03. The summed E-state index contributed by atoms with van der Waals surface area (Å²) in [5, 5.41) is 24.7. The summed E-state index contributed by atoms with van der Waals surface area (Å²) in [6.07, 6.45) is 0.796. The second kappa shape index (κ2) is 34.8. The molecule has 0 aliphatic rings. The molecule has 1 aromatic heterocycles. The number of amides is 1. The monoisotopic (exact) mass is 1170 g/mol. The average Bonchev–Trinajstić information content (AvgIpc) is 3.27. The van der Waals surface area contributed by atoms with E-state index in [1.54, 1.807) is 12.0 Å². The minimum Gasteiger partial charge on any atom is -0.778 e. The molecule has 1 amide bonds. The number of aryl methyl sites for hydroxylation is 2. The van der Waals surface area contributed by atoms with E-state index in [1.165, 1.54) is 12.1 Å². The predicted molar refractivity (Wildman–Crippen MR) is 284 cm³/mol. The van der Waals surface area contributed by atoms with Crippen molar-refractivity contribution in [3.05, 3.63) is 92.2 Å². The normalized spacial score (nSPS) is 12.3. The Morgan fingerprint density at radius 3 is 2.01 bits per heavy atom. The molecular weight excluding hydrogens is 1100 g/mol. The zero-order valence-corrected chi connectivity index (χ0v) is 47.2. The van der Waals surface area contributed by atoms with Gasteiger partial charge in [-0.05, 0) is 118 Å². The van der Waals surface area contributed by atoms with Gasteiger partial charge in [0.05, 0.1) is 71.1 Å². The molecule has 4 aromatic rings. The minimum atomic E-state index is -4.56. The number of rotatable bonds is 19. The molecule has 0 fully saturated rings. The van der Waals surface area contributed by atoms with E-state index in [2.05, 4.69) is 57.3 Å². The van der Waals surface area contributed by atoms with Crippen LogP contribution in [0.25, 0.3) is 0 Å². The standard InChI is InChI=1S/C17H11Cl2F3O5.C15H22ClNO2.C8H14ClN5.C3H8NO5P.C3H9S/c1-8(15(23)24)26-16(25)11-7-10(3-4-12(11)18)27-14-5-2-9(6-13(14)19)17(20,21)22;1-5-13-8-6-7-11(2)15(13)17(14(18)9-16)12(3)10-19-4;1-4-10-7-12-6(9)13-8(14-7)11-5(2)3;5-3(6)1-4-2-10(7,8)9;1-4(2)3/h2-8H,1H3,(H,23,24);6-8,12H,5,9-10H2,1-4H3;5H,4H2,1-3H3,(H2,10,11,12,13,14);4H,1-2H2,(H,5,6)(H2,7,8,9);1-3H3/q;;;;+1/p-1/t8-;;;;/m0..../s1. The number of carbonyl (C=O) groups excluding carboxylic acids is 2. The first kappa shape index (κ1) is 69.3. The summed E-state index contributed by atoms with van der Waals surface area (Å²) >= 11 is 23.2. The number of halogens is 7. The van der Waals surface area contributed by atoms with Crippen LogP contribution in [0.1, 0.15) is 68.6 Å². The molecule has 19 nitrogen and oxygen atoms in total. The van der Waals surface area contributed by atoms with Crippen LogP contribution in [0.4, 0.5) is 30.8 Å². The van der Waals surface area contributed by atoms with Crippen LogP contribution in [0.5, 0.6) is 11.5 Å². The van der Waals surface area contributed by atoms with Crippen LogP contribution in [0, 0.1) is 6.92 Å². The SMILES string of the molecule is CCNc1nc(Cl)nc(NC(C)C)n1.CCc1cccc(C)c1N(C(=O)CCl)C(C)COC.C[C@H](OC(=O)c1cc(Oc2ccc(C(F)(F)F)cc2Cl)ccc1Cl)C(=O)O.C[S+](C)C.O=C(O)CNCP(=O)([O-])O. The number of carbonyl (C=O) groups is 4. The number of anilines is 3. The second-order valence-corrected chi connectivity index (χ2v) is 21.3. The molecular formula is C46H63Cl4F3N7O12PS. The summed E-state index contributed by atoms with van der Waals surface area (Å²) in [5.74, 6) is -2.68. The minimum absolute atomic E-state index is 0.0223. The van der Waals surface area contributed by atoms with Crippen LogP contribution >= 0.6 is 54.0 Å². The van der Waals surface area contributed by atoms with Gasteiger partial charge in [-0.1, -0.05) is 48.3 Å². The van der Waals surface area contributed by atoms with Gasteiger partial charge >= 0.3 is 24.1 Å². The fourth-order valence-corrected chi connectivity index (χ4v) is 6.52. The summed E-state index contributed by atoms with van der Waals surface area (Å²) in [6.45, 7) is 14.0. The molecule has 74 heavy (non-hydrogen) atoms. The lowest BCUT2D eigenvalue weighted by Gasteiger charge is -2.31. The van der Waals surface area contributed by atoms with Crippen LogP contribution in [0.2, 0.25) is 15.3 Å². The number of methoxy groups -OCH3 is 1. The zero-order valence-electron chi connectivity index (χ0n) is 42.5. The lowest BCUT2D eigenvalue weighted by atomic mass is 10.0. The Bertz CT molecular complexity index is 2460. The molecule has 0 aliphatic carbocycles. The highest BCUT2D eigenvalue weighted by molar-refractivity contribution is 7.94. The molecule has 28 heteroatoms. The van der Waals surface area contributed by atoms with E-state index in [-0.39, 0.29) is 56.3 Å². The molecule has 1 heterocycles. The second-order valence-electron chi connectivity index (χ2n) is 15.8. The van der Waals surface area contributed by atoms with Gasteiger partial charge in [0, 0.05) is 19.7 Å². The van der Waals surface area contributed by atoms with Gasteiger partial charge < -0.3 is 54.3 Å². The van der Waals surface area contributed by atoms with Crippen molar-refractivity contribution in [2.75, 3.05) is 73.3 Å². The first-order valence-corrected chi connectivity index (χ1v) is 27.8. The number of hydrogen-bond acceptors (Lipinski definition) is 15. The first-order chi connectivity index (χ1) is 34.3. The maximum absolute atomic E-state index is 12.7. The third kappa shape index (κ3) is 28.3. The van der Waals surface area contributed by atoms with E-state index in [4.69, 9.17) is 75.7 Å². The number of benzene rings is 3. The summed E-state index contributed by atoms with van der Waals surface area (Å²) in [7, 11) is -2.07. The molecule has 0 bridgehead atoms. The van der Waals surface area contributed by atoms with Gasteiger partial charge in [0.15, 0.2) is 6.10 Å². The number of aromatic nitrogens is 3. The summed E-state index contributed by atoms with van der Waals surface area (Å²) in [5.41, 5.74) is 2.09. The number of aliphatic carboxylic acids is 2. The summed E-state index contributed by atoms with van der Waals surface area (Å²) in [4.78, 5) is 76.5. The third-order valence-corrected chi connectivity index (χ3v) is 10.0. The lowest BCUT2D eigenvalue weighted by molar-refractivity contribution is -0.193. The Labute approximate surface area is 451 Å². The Balaban J connectivity index is 0.000000991. The molecule has 0 aliphatic heterocycles. The highest BCUT2D eigenvalue weighted by atomic mass is 35.5. The number of para-hydroxylation sites is 1. The van der Waals surface area contributed by atoms with E-state index in [0.717, 1.165) is 54.9 Å². The highest BCUT2D eigenvalue weighted by Gasteiger charge is 2.31. The Morgan fingerprint density at radius 2 is 1.53 bits per heavy atom. The Morgan fingerprint density at radius 1 is 0.919 bits per heavy atom. The van der Waals surface area contributed by atoms with E-state index >= 15 is 0 Å². The van der Waals surface area contributed by atoms with E-state index in [1.807, 2.05) is 52.1 Å². The van der Waals surface area contributed by atoms with Crippen molar-refractivity contribution in [3.8, 4) is 11.5 Å². The molecule has 0 spiro atoms. The number of nitrogens with one attached hydrogen (secondary N) is 3. The largest absolute Gasteiger partial charge is 0.778 e. The Kier molecular flexibility index (Phi) is 32.6. The zero-order chi connectivity index (χ0) is 57.1. The van der Waals surface area contributed by atoms with Gasteiger partial charge in [-0.25, -0.2) is 9.59 Å². The van der Waals surface area contributed by atoms with Crippen molar-refractivity contribution in [2.24, 2.45) is 0 Å². The molecule has 0 saturated carbocycles. The molecule has 2 unspecified atom stereocenters. The number of carboxylic acids is 2. The van der Waals surface area contributed by atoms with Crippen LogP contribution in [-0.2, 0) is 51.9 Å². The fourth-order valence-electron chi connectivity index (χ4n) is 5.42. The van der Waals surface area contributed by atoms with Crippen LogP contribution in [-0.4, -0.2) is 130 Å². The molecule has 3 atom stereocenters. The van der Waals surface area contributed by atoms with Gasteiger partial charge in [0.1, 0.15) is 25.0 Å². The van der Waals surface area contributed by atoms with E-state index in [0.29, 0.717) is 35.5 Å². The van der Waals surface area contributed by atoms with Crippen LogP contribution in [0.15, 0.2) is 54.6 Å². The summed E-state index contributed by atoms with van der Waals surface area (Å²) in [6, 6.07) is 12.6. The van der Waals surface area contributed by atoms with Gasteiger partial charge in [0.25, 0.3) is 0 Å². The van der Waals surface area contributed by atoms with Gasteiger partial charge in [-0.2, -0.15) is 28.1 Å². The van der Waals surface area contributed by atoms with Crippen molar-refractivity contribution in [1.82, 2.24) is 20.3 Å². The highest BCUT2D eigenvalue weighted by Crippen LogP contribution is 2.37. The third-order valence-electron chi connectivity index (χ3n) is 8.40. The molecule has 3 aromatic carbocycles. The Hall–Kier alpha value is -4.68. The van der Waals surface area contributed by atoms with Crippen molar-refractivity contribution >= 4 is 106 Å². The molecule has 0 radical (unpaired) electrons. The maximum atomic E-state index is 12.7. The maximum Gasteiger partial charge on any atom is 0.416 e. The van der Waals surface area contributed by atoms with E-state index in [9.17, 15) is 41.8 Å². The van der Waals surface area contributed by atoms with Gasteiger partial charge in [0.2, 0.25) is 23.1 Å². The van der Waals surface area contributed by atoms with Gasteiger partial charge in [-0.15, -0.1) is 11.6 Å². The van der Waals surface area contributed by atoms with Crippen LogP contribution in [0.3, 0.4) is 0 Å². The van der Waals surface area contributed by atoms with Crippen LogP contribution < -0.4 is 30.5 Å². The quantitative estimate of drug-likeness (QED) is 0.0221. The van der Waals surface area contributed by atoms with Crippen molar-refractivity contribution in [1.29, 1.82) is 0 Å². The van der Waals surface area contributed by atoms with Crippen molar-refractivity contribution in [2.45, 2.75) is 79.3 Å². The van der Waals surface area contributed by atoms with Gasteiger partial charge in [-0.3, -0.25) is 14.9 Å². The smallest absolute Gasteiger partial charge is 0.416 e. The van der Waals surface area contributed by atoms with E-state index < -0.39 is 56.2 Å². The number of alkyl halides is 4.